The predicted molar refractivity (Wildman–Crippen MR) is 128 cm³/mol. The molecule has 0 bridgehead atoms. The van der Waals surface area contributed by atoms with Gasteiger partial charge in [-0.15, -0.1) is 0 Å². The number of carbonyl (C=O) groups excluding carboxylic acids is 2. The van der Waals surface area contributed by atoms with Gasteiger partial charge in [-0.2, -0.15) is 0 Å². The van der Waals surface area contributed by atoms with Gasteiger partial charge < -0.3 is 20.9 Å². The Labute approximate surface area is 190 Å². The highest BCUT2D eigenvalue weighted by Crippen LogP contribution is 2.40. The molecule has 3 aromatic rings. The molecule has 2 aromatic carbocycles. The Kier molecular flexibility index (Phi) is 6.73. The molecule has 0 aliphatic carbocycles. The number of anilines is 1. The Morgan fingerprint density at radius 3 is 2.77 bits per heavy atom. The van der Waals surface area contributed by atoms with Gasteiger partial charge in [0.15, 0.2) is 0 Å². The second-order valence-electron chi connectivity index (χ2n) is 7.90. The lowest BCUT2D eigenvalue weighted by Gasteiger charge is -2.14. The fourth-order valence-electron chi connectivity index (χ4n) is 4.25. The summed E-state index contributed by atoms with van der Waals surface area (Å²) in [5, 5.41) is 7.04. The van der Waals surface area contributed by atoms with E-state index in [0.29, 0.717) is 13.1 Å². The summed E-state index contributed by atoms with van der Waals surface area (Å²) in [6.45, 7) is 1.58. The van der Waals surface area contributed by atoms with Gasteiger partial charge in [0.25, 0.3) is 0 Å². The van der Waals surface area contributed by atoms with E-state index in [9.17, 15) is 9.59 Å². The third-order valence-corrected chi connectivity index (χ3v) is 6.17. The molecule has 2 amide bonds. The van der Waals surface area contributed by atoms with Crippen LogP contribution in [0.3, 0.4) is 0 Å². The quantitative estimate of drug-likeness (QED) is 0.420. The van der Waals surface area contributed by atoms with E-state index in [0.717, 1.165) is 63.6 Å². The number of benzene rings is 2. The Morgan fingerprint density at radius 2 is 1.94 bits per heavy atom. The van der Waals surface area contributed by atoms with Crippen LogP contribution in [0.25, 0.3) is 22.2 Å². The van der Waals surface area contributed by atoms with E-state index in [1.807, 2.05) is 47.0 Å². The minimum Gasteiger partial charge on any atom is -0.355 e. The lowest BCUT2D eigenvalue weighted by molar-refractivity contribution is -0.121. The average molecular weight is 483 g/mol. The van der Waals surface area contributed by atoms with Gasteiger partial charge in [-0.3, -0.25) is 9.59 Å². The minimum atomic E-state index is -0.0489. The highest BCUT2D eigenvalue weighted by Gasteiger charge is 2.26. The number of unbranched alkanes of at least 4 members (excludes halogenated alkanes) is 3. The van der Waals surface area contributed by atoms with E-state index in [1.165, 1.54) is 0 Å². The summed E-state index contributed by atoms with van der Waals surface area (Å²) >= 11 is 3.55. The molecular formula is C24H27BrN4O2. The molecule has 0 radical (unpaired) electrons. The molecular weight excluding hydrogens is 456 g/mol. The van der Waals surface area contributed by atoms with Crippen LogP contribution in [0.2, 0.25) is 0 Å². The second kappa shape index (κ2) is 9.66. The van der Waals surface area contributed by atoms with E-state index >= 15 is 0 Å². The average Bonchev–Trinajstić information content (AvgIpc) is 2.93. The number of hydrogen-bond acceptors (Lipinski definition) is 3. The van der Waals surface area contributed by atoms with Crippen LogP contribution in [0.15, 0.2) is 46.9 Å². The van der Waals surface area contributed by atoms with Gasteiger partial charge in [0.1, 0.15) is 6.54 Å². The summed E-state index contributed by atoms with van der Waals surface area (Å²) in [6.07, 6.45) is 4.40. The number of hydrogen-bond donors (Lipinski definition) is 3. The van der Waals surface area contributed by atoms with Gasteiger partial charge in [-0.05, 0) is 49.2 Å². The molecule has 1 aliphatic rings. The van der Waals surface area contributed by atoms with Gasteiger partial charge >= 0.3 is 0 Å². The molecule has 4 rings (SSSR count). The number of nitrogens with two attached hydrogens (primary N) is 1. The number of amides is 2. The van der Waals surface area contributed by atoms with Crippen molar-refractivity contribution in [3.05, 3.63) is 52.5 Å². The van der Waals surface area contributed by atoms with Gasteiger partial charge in [0.05, 0.1) is 17.8 Å². The van der Waals surface area contributed by atoms with Crippen LogP contribution in [-0.2, 0) is 22.6 Å². The largest absolute Gasteiger partial charge is 0.355 e. The van der Waals surface area contributed by atoms with Crippen LogP contribution in [0, 0.1) is 0 Å². The van der Waals surface area contributed by atoms with Crippen LogP contribution >= 0.6 is 15.9 Å². The fraction of sp³-hybridized carbons (Fsp3) is 0.333. The highest BCUT2D eigenvalue weighted by atomic mass is 79.9. The highest BCUT2D eigenvalue weighted by molar-refractivity contribution is 9.10. The zero-order valence-electron chi connectivity index (χ0n) is 17.4. The lowest BCUT2D eigenvalue weighted by atomic mass is 10.0. The number of aromatic nitrogens is 1. The number of rotatable bonds is 8. The molecule has 0 saturated carbocycles. The van der Waals surface area contributed by atoms with Crippen molar-refractivity contribution in [1.82, 2.24) is 9.88 Å². The third kappa shape index (κ3) is 4.67. The van der Waals surface area contributed by atoms with Crippen LogP contribution in [0.1, 0.15) is 31.2 Å². The molecule has 0 fully saturated rings. The fourth-order valence-corrected chi connectivity index (χ4v) is 4.61. The van der Waals surface area contributed by atoms with Crippen LogP contribution < -0.4 is 16.4 Å². The van der Waals surface area contributed by atoms with Crippen molar-refractivity contribution < 1.29 is 9.59 Å². The van der Waals surface area contributed by atoms with Crippen molar-refractivity contribution >= 4 is 44.3 Å². The zero-order chi connectivity index (χ0) is 21.8. The first-order valence-electron chi connectivity index (χ1n) is 10.7. The smallest absolute Gasteiger partial charge is 0.239 e. The maximum absolute atomic E-state index is 12.8. The van der Waals surface area contributed by atoms with Gasteiger partial charge in [-0.1, -0.05) is 47.0 Å². The number of carbonyl (C=O) groups is 2. The van der Waals surface area contributed by atoms with Crippen LogP contribution in [-0.4, -0.2) is 29.5 Å². The van der Waals surface area contributed by atoms with E-state index in [4.69, 9.17) is 5.73 Å². The summed E-state index contributed by atoms with van der Waals surface area (Å²) in [4.78, 5) is 25.4. The van der Waals surface area contributed by atoms with Gasteiger partial charge in [0, 0.05) is 27.5 Å². The Morgan fingerprint density at radius 1 is 1.13 bits per heavy atom. The van der Waals surface area contributed by atoms with E-state index in [1.54, 1.807) is 0 Å². The normalized spacial score (nSPS) is 12.8. The molecule has 31 heavy (non-hydrogen) atoms. The minimum absolute atomic E-state index is 0.0255. The lowest BCUT2D eigenvalue weighted by Crippen LogP contribution is -2.28. The number of para-hydroxylation sites is 1. The van der Waals surface area contributed by atoms with Crippen LogP contribution in [0.4, 0.5) is 5.69 Å². The molecule has 0 saturated heterocycles. The molecule has 162 valence electrons. The van der Waals surface area contributed by atoms with Crippen molar-refractivity contribution in [2.75, 3.05) is 18.4 Å². The monoisotopic (exact) mass is 482 g/mol. The van der Waals surface area contributed by atoms with Crippen molar-refractivity contribution in [2.45, 2.75) is 38.6 Å². The molecule has 0 unspecified atom stereocenters. The van der Waals surface area contributed by atoms with E-state index in [-0.39, 0.29) is 24.8 Å². The Hall–Kier alpha value is -2.64. The molecule has 0 atom stereocenters. The number of nitrogens with zero attached hydrogens (tertiary/aromatic N) is 1. The number of fused-ring (bicyclic) bond motifs is 5. The Balaban J connectivity index is 1.68. The third-order valence-electron chi connectivity index (χ3n) is 5.68. The Bertz CT molecular complexity index is 1120. The van der Waals surface area contributed by atoms with E-state index < -0.39 is 0 Å². The molecule has 1 aromatic heterocycles. The summed E-state index contributed by atoms with van der Waals surface area (Å²) in [7, 11) is 0. The summed E-state index contributed by atoms with van der Waals surface area (Å²) in [6, 6.07) is 13.8. The van der Waals surface area contributed by atoms with Gasteiger partial charge in [0.2, 0.25) is 11.8 Å². The molecule has 1 aliphatic heterocycles. The van der Waals surface area contributed by atoms with Crippen LogP contribution in [0.5, 0.6) is 0 Å². The number of nitrogens with one attached hydrogen (secondary N) is 2. The molecule has 6 nitrogen and oxygen atoms in total. The summed E-state index contributed by atoms with van der Waals surface area (Å²) in [5.41, 5.74) is 10.1. The van der Waals surface area contributed by atoms with Crippen molar-refractivity contribution in [1.29, 1.82) is 0 Å². The molecule has 0 spiro atoms. The molecule has 7 heteroatoms. The van der Waals surface area contributed by atoms with Gasteiger partial charge in [-0.25, -0.2) is 0 Å². The molecule has 4 N–H and O–H groups in total. The first-order chi connectivity index (χ1) is 15.1. The maximum Gasteiger partial charge on any atom is 0.239 e. The predicted octanol–water partition coefficient (Wildman–Crippen LogP) is 4.20. The first-order valence-corrected chi connectivity index (χ1v) is 11.5. The standard InChI is InChI=1S/C24H27BrN4O2/c25-16-9-10-21-18(13-16)19-14-22(30)28-20-8-4-3-7-17(20)24(19)29(21)15-23(31)27-12-6-2-1-5-11-26/h3-4,7-10,13H,1-2,5-6,11-12,14-15,26H2,(H,27,31)(H,28,30). The van der Waals surface area contributed by atoms with Crippen molar-refractivity contribution in [2.24, 2.45) is 5.73 Å². The van der Waals surface area contributed by atoms with Crippen molar-refractivity contribution in [3.8, 4) is 11.3 Å². The summed E-state index contributed by atoms with van der Waals surface area (Å²) in [5.74, 6) is -0.0744. The van der Waals surface area contributed by atoms with E-state index in [2.05, 4.69) is 26.6 Å². The molecule has 2 heterocycles. The number of halogens is 1. The first kappa shape index (κ1) is 21.6. The summed E-state index contributed by atoms with van der Waals surface area (Å²) < 4.78 is 2.99. The zero-order valence-corrected chi connectivity index (χ0v) is 19.0. The van der Waals surface area contributed by atoms with Crippen molar-refractivity contribution in [3.63, 3.8) is 0 Å². The SMILES string of the molecule is NCCCCCCNC(=O)Cn1c2c(c3cc(Br)ccc31)CC(=O)Nc1ccccc1-2. The topological polar surface area (TPSA) is 89.2 Å². The maximum atomic E-state index is 12.8. The second-order valence-corrected chi connectivity index (χ2v) is 8.81.